The number of carboxylic acids is 1. The van der Waals surface area contributed by atoms with Gasteiger partial charge in [-0.15, -0.1) is 0 Å². The Kier molecular flexibility index (Phi) is 8.92. The summed E-state index contributed by atoms with van der Waals surface area (Å²) in [5, 5.41) is 11.0. The topological polar surface area (TPSA) is 83.5 Å². The lowest BCUT2D eigenvalue weighted by molar-refractivity contribution is -0.142. The van der Waals surface area contributed by atoms with E-state index in [1.54, 1.807) is 0 Å². The summed E-state index contributed by atoms with van der Waals surface area (Å²) in [7, 11) is 0. The summed E-state index contributed by atoms with van der Waals surface area (Å²) in [5.74, 6) is -2.38. The van der Waals surface area contributed by atoms with Crippen LogP contribution in [0.5, 0.6) is 0 Å². The van der Waals surface area contributed by atoms with Crippen molar-refractivity contribution in [3.8, 4) is 0 Å². The van der Waals surface area contributed by atoms with Gasteiger partial charge in [-0.25, -0.2) is 0 Å². The molecule has 0 aliphatic carbocycles. The highest BCUT2D eigenvalue weighted by molar-refractivity contribution is 9.10. The minimum atomic E-state index is -1.12. The molecule has 3 atom stereocenters. The van der Waals surface area contributed by atoms with Crippen LogP contribution in [0.1, 0.15) is 24.5 Å². The molecule has 0 aliphatic rings. The van der Waals surface area contributed by atoms with Crippen LogP contribution in [-0.2, 0) is 27.2 Å². The molecule has 0 aliphatic heterocycles. The van der Waals surface area contributed by atoms with Crippen molar-refractivity contribution >= 4 is 46.2 Å². The molecule has 0 saturated carbocycles. The molecule has 0 aromatic heterocycles. The number of halogens is 1. The Bertz CT molecular complexity index is 842. The molecule has 2 aromatic rings. The fourth-order valence-electron chi connectivity index (χ4n) is 2.89. The second-order valence-electron chi connectivity index (χ2n) is 6.97. The maximum Gasteiger partial charge on any atom is 0.325 e. The number of carboxylic acid groups (broad SMARTS) is 1. The summed E-state index contributed by atoms with van der Waals surface area (Å²) in [6.07, 6.45) is 0.805. The van der Waals surface area contributed by atoms with E-state index in [-0.39, 0.29) is 12.2 Å². The zero-order valence-electron chi connectivity index (χ0n) is 16.0. The van der Waals surface area contributed by atoms with Crippen LogP contribution < -0.4 is 5.32 Å². The number of hydrogen-bond donors (Lipinski definition) is 3. The van der Waals surface area contributed by atoms with Crippen LogP contribution in [0.2, 0.25) is 0 Å². The van der Waals surface area contributed by atoms with E-state index < -0.39 is 29.1 Å². The summed E-state index contributed by atoms with van der Waals surface area (Å²) >= 11 is 7.81. The lowest BCUT2D eigenvalue weighted by Gasteiger charge is -2.20. The van der Waals surface area contributed by atoms with Crippen molar-refractivity contribution in [2.24, 2.45) is 5.92 Å². The highest BCUT2D eigenvalue weighted by Gasteiger charge is 2.27. The summed E-state index contributed by atoms with van der Waals surface area (Å²) in [5.41, 5.74) is 1.89. The standard InChI is InChI=1S/C22H24BrNO4S/c1-14(22(27)28)24-21(26)17(11-16-7-9-18(23)10-8-16)13-19(25)20(29)12-15-5-3-2-4-6-15/h2-10,14,17,20,29H,11-13H2,1H3,(H,24,26)(H,27,28)/t14-,17?,20?/m0/s1. The van der Waals surface area contributed by atoms with Crippen LogP contribution in [0, 0.1) is 5.92 Å². The molecule has 2 N–H and O–H groups in total. The van der Waals surface area contributed by atoms with Crippen molar-refractivity contribution in [1.29, 1.82) is 0 Å². The van der Waals surface area contributed by atoms with Gasteiger partial charge in [0.15, 0.2) is 0 Å². The fraction of sp³-hybridized carbons (Fsp3) is 0.318. The van der Waals surface area contributed by atoms with Crippen molar-refractivity contribution in [2.75, 3.05) is 0 Å². The van der Waals surface area contributed by atoms with Gasteiger partial charge in [-0.1, -0.05) is 58.4 Å². The molecule has 0 fully saturated rings. The second kappa shape index (κ2) is 11.2. The number of amides is 1. The van der Waals surface area contributed by atoms with Gasteiger partial charge >= 0.3 is 5.97 Å². The van der Waals surface area contributed by atoms with E-state index in [0.717, 1.165) is 15.6 Å². The average Bonchev–Trinajstić information content (AvgIpc) is 2.69. The number of rotatable bonds is 10. The van der Waals surface area contributed by atoms with Gasteiger partial charge in [-0.3, -0.25) is 14.4 Å². The molecule has 7 heteroatoms. The first-order valence-electron chi connectivity index (χ1n) is 9.28. The zero-order chi connectivity index (χ0) is 21.4. The minimum Gasteiger partial charge on any atom is -0.480 e. The first-order valence-corrected chi connectivity index (χ1v) is 10.6. The first kappa shape index (κ1) is 23.2. The SMILES string of the molecule is C[C@H](NC(=O)C(CC(=O)C(S)Cc1ccccc1)Cc1ccc(Br)cc1)C(=O)O. The molecule has 0 saturated heterocycles. The number of hydrogen-bond acceptors (Lipinski definition) is 4. The number of thiol groups is 1. The molecule has 154 valence electrons. The Morgan fingerprint density at radius 1 is 1.00 bits per heavy atom. The van der Waals surface area contributed by atoms with E-state index in [0.29, 0.717) is 12.8 Å². The Balaban J connectivity index is 2.10. The van der Waals surface area contributed by atoms with E-state index in [1.165, 1.54) is 6.92 Å². The number of Topliss-reactive ketones (excluding diaryl/α,β-unsaturated/α-hetero) is 1. The Labute approximate surface area is 184 Å². The predicted octanol–water partition coefficient (Wildman–Crippen LogP) is 3.70. The highest BCUT2D eigenvalue weighted by atomic mass is 79.9. The van der Waals surface area contributed by atoms with Crippen LogP contribution in [0.4, 0.5) is 0 Å². The number of nitrogens with one attached hydrogen (secondary N) is 1. The third-order valence-electron chi connectivity index (χ3n) is 4.59. The Morgan fingerprint density at radius 2 is 1.59 bits per heavy atom. The van der Waals surface area contributed by atoms with Gasteiger partial charge in [-0.05, 0) is 43.0 Å². The number of aliphatic carboxylic acids is 1. The van der Waals surface area contributed by atoms with Crippen molar-refractivity contribution in [3.63, 3.8) is 0 Å². The largest absolute Gasteiger partial charge is 0.480 e. The lowest BCUT2D eigenvalue weighted by Crippen LogP contribution is -2.43. The fourth-order valence-corrected chi connectivity index (χ4v) is 3.47. The first-order chi connectivity index (χ1) is 13.8. The van der Waals surface area contributed by atoms with Crippen LogP contribution in [0.25, 0.3) is 0 Å². The van der Waals surface area contributed by atoms with E-state index in [9.17, 15) is 14.4 Å². The summed E-state index contributed by atoms with van der Waals surface area (Å²) in [6, 6.07) is 16.0. The van der Waals surface area contributed by atoms with Crippen molar-refractivity contribution in [2.45, 2.75) is 37.5 Å². The number of benzene rings is 2. The number of carbonyl (C=O) groups excluding carboxylic acids is 2. The molecule has 2 unspecified atom stereocenters. The Hall–Kier alpha value is -2.12. The highest BCUT2D eigenvalue weighted by Crippen LogP contribution is 2.19. The molecule has 0 radical (unpaired) electrons. The monoisotopic (exact) mass is 477 g/mol. The van der Waals surface area contributed by atoms with Gasteiger partial charge in [0.1, 0.15) is 11.8 Å². The number of ketones is 1. The van der Waals surface area contributed by atoms with E-state index >= 15 is 0 Å². The zero-order valence-corrected chi connectivity index (χ0v) is 18.5. The Morgan fingerprint density at radius 3 is 2.17 bits per heavy atom. The normalized spacial score (nSPS) is 13.9. The smallest absolute Gasteiger partial charge is 0.325 e. The number of carbonyl (C=O) groups is 3. The van der Waals surface area contributed by atoms with Crippen LogP contribution in [0.3, 0.4) is 0 Å². The quantitative estimate of drug-likeness (QED) is 0.455. The van der Waals surface area contributed by atoms with E-state index in [4.69, 9.17) is 5.11 Å². The second-order valence-corrected chi connectivity index (χ2v) is 8.51. The molecule has 0 bridgehead atoms. The van der Waals surface area contributed by atoms with Crippen LogP contribution in [-0.4, -0.2) is 34.1 Å². The molecule has 5 nitrogen and oxygen atoms in total. The van der Waals surface area contributed by atoms with Crippen molar-refractivity contribution in [1.82, 2.24) is 5.32 Å². The molecular weight excluding hydrogens is 454 g/mol. The van der Waals surface area contributed by atoms with Gasteiger partial charge < -0.3 is 10.4 Å². The van der Waals surface area contributed by atoms with Gasteiger partial charge in [0.05, 0.1) is 5.25 Å². The molecule has 1 amide bonds. The summed E-state index contributed by atoms with van der Waals surface area (Å²) in [6.45, 7) is 1.40. The van der Waals surface area contributed by atoms with Gasteiger partial charge in [0.2, 0.25) is 5.91 Å². The van der Waals surface area contributed by atoms with Gasteiger partial charge in [0.25, 0.3) is 0 Å². The van der Waals surface area contributed by atoms with Crippen LogP contribution >= 0.6 is 28.6 Å². The molecule has 0 spiro atoms. The molecule has 2 aromatic carbocycles. The molecule has 0 heterocycles. The maximum absolute atomic E-state index is 12.7. The summed E-state index contributed by atoms with van der Waals surface area (Å²) < 4.78 is 0.913. The minimum absolute atomic E-state index is 0.00473. The average molecular weight is 478 g/mol. The summed E-state index contributed by atoms with van der Waals surface area (Å²) in [4.78, 5) is 36.5. The molecular formula is C22H24BrNO4S. The van der Waals surface area contributed by atoms with E-state index in [1.807, 2.05) is 54.6 Å². The van der Waals surface area contributed by atoms with E-state index in [2.05, 4.69) is 33.9 Å². The maximum atomic E-state index is 12.7. The third kappa shape index (κ3) is 7.66. The lowest BCUT2D eigenvalue weighted by atomic mass is 9.91. The molecule has 2 rings (SSSR count). The third-order valence-corrected chi connectivity index (χ3v) is 5.59. The van der Waals surface area contributed by atoms with Crippen LogP contribution in [0.15, 0.2) is 59.1 Å². The van der Waals surface area contributed by atoms with Crippen molar-refractivity contribution < 1.29 is 19.5 Å². The van der Waals surface area contributed by atoms with Crippen molar-refractivity contribution in [3.05, 3.63) is 70.2 Å². The molecule has 29 heavy (non-hydrogen) atoms. The predicted molar refractivity (Wildman–Crippen MR) is 119 cm³/mol. The van der Waals surface area contributed by atoms with Gasteiger partial charge in [0, 0.05) is 16.8 Å². The van der Waals surface area contributed by atoms with Gasteiger partial charge in [-0.2, -0.15) is 12.6 Å².